The predicted molar refractivity (Wildman–Crippen MR) is 108 cm³/mol. The summed E-state index contributed by atoms with van der Waals surface area (Å²) >= 11 is 7.45. The van der Waals surface area contributed by atoms with Crippen molar-refractivity contribution in [2.24, 2.45) is 7.05 Å². The van der Waals surface area contributed by atoms with Gasteiger partial charge >= 0.3 is 0 Å². The number of thioether (sulfide) groups is 1. The number of carbonyl (C=O) groups is 1. The van der Waals surface area contributed by atoms with Crippen molar-refractivity contribution in [2.75, 3.05) is 12.4 Å². The predicted octanol–water partition coefficient (Wildman–Crippen LogP) is 4.26. The summed E-state index contributed by atoms with van der Waals surface area (Å²) in [5.74, 6) is 1.17. The SMILES string of the molecule is COc1ccc(NC(=O)[C@@H](C)Sc2nnc(-c3ccccc3)n2C)cc1Cl. The van der Waals surface area contributed by atoms with E-state index in [1.165, 1.54) is 11.8 Å². The Morgan fingerprint density at radius 1 is 1.22 bits per heavy atom. The second-order valence-electron chi connectivity index (χ2n) is 5.83. The van der Waals surface area contributed by atoms with Crippen LogP contribution in [0.2, 0.25) is 5.02 Å². The molecule has 3 aromatic rings. The van der Waals surface area contributed by atoms with E-state index in [2.05, 4.69) is 15.5 Å². The van der Waals surface area contributed by atoms with E-state index < -0.39 is 0 Å². The summed E-state index contributed by atoms with van der Waals surface area (Å²) in [5.41, 5.74) is 1.59. The molecule has 1 atom stereocenters. The molecule has 0 unspecified atom stereocenters. The summed E-state index contributed by atoms with van der Waals surface area (Å²) < 4.78 is 7.00. The Morgan fingerprint density at radius 3 is 2.63 bits per heavy atom. The van der Waals surface area contributed by atoms with Crippen LogP contribution >= 0.6 is 23.4 Å². The van der Waals surface area contributed by atoms with Crippen LogP contribution in [-0.4, -0.2) is 33.0 Å². The number of ether oxygens (including phenoxy) is 1. The highest BCUT2D eigenvalue weighted by Crippen LogP contribution is 2.29. The molecule has 6 nitrogen and oxygen atoms in total. The van der Waals surface area contributed by atoms with Crippen LogP contribution in [0.3, 0.4) is 0 Å². The molecule has 0 spiro atoms. The number of carbonyl (C=O) groups excluding carboxylic acids is 1. The molecule has 1 heterocycles. The van der Waals surface area contributed by atoms with Crippen LogP contribution in [-0.2, 0) is 11.8 Å². The normalized spacial score (nSPS) is 11.9. The van der Waals surface area contributed by atoms with Gasteiger partial charge in [0.1, 0.15) is 5.75 Å². The van der Waals surface area contributed by atoms with Gasteiger partial charge in [-0.25, -0.2) is 0 Å². The third-order valence-corrected chi connectivity index (χ3v) is 5.37. The van der Waals surface area contributed by atoms with Gasteiger partial charge in [-0.05, 0) is 25.1 Å². The molecule has 0 aliphatic rings. The van der Waals surface area contributed by atoms with E-state index in [9.17, 15) is 4.79 Å². The van der Waals surface area contributed by atoms with Crippen molar-refractivity contribution >= 4 is 35.0 Å². The topological polar surface area (TPSA) is 69.0 Å². The number of nitrogens with one attached hydrogen (secondary N) is 1. The Kier molecular flexibility index (Phi) is 6.03. The van der Waals surface area contributed by atoms with E-state index in [0.29, 0.717) is 21.6 Å². The van der Waals surface area contributed by atoms with Crippen LogP contribution in [0.25, 0.3) is 11.4 Å². The molecule has 3 rings (SSSR count). The maximum Gasteiger partial charge on any atom is 0.237 e. The van der Waals surface area contributed by atoms with Crippen molar-refractivity contribution in [3.05, 3.63) is 53.6 Å². The Balaban J connectivity index is 1.68. The second-order valence-corrected chi connectivity index (χ2v) is 7.55. The Hall–Kier alpha value is -2.51. The third-order valence-electron chi connectivity index (χ3n) is 3.94. The first-order chi connectivity index (χ1) is 13.0. The van der Waals surface area contributed by atoms with Gasteiger partial charge in [0.2, 0.25) is 5.91 Å². The number of anilines is 1. The molecule has 8 heteroatoms. The lowest BCUT2D eigenvalue weighted by atomic mass is 10.2. The fourth-order valence-corrected chi connectivity index (χ4v) is 3.53. The summed E-state index contributed by atoms with van der Waals surface area (Å²) in [6.07, 6.45) is 0. The minimum Gasteiger partial charge on any atom is -0.495 e. The van der Waals surface area contributed by atoms with Crippen LogP contribution in [0.5, 0.6) is 5.75 Å². The quantitative estimate of drug-likeness (QED) is 0.624. The van der Waals surface area contributed by atoms with Crippen molar-refractivity contribution in [3.8, 4) is 17.1 Å². The molecule has 27 heavy (non-hydrogen) atoms. The molecule has 0 saturated carbocycles. The number of amides is 1. The first kappa shape index (κ1) is 19.3. The lowest BCUT2D eigenvalue weighted by Gasteiger charge is -2.12. The maximum absolute atomic E-state index is 12.5. The van der Waals surface area contributed by atoms with Gasteiger partial charge in [-0.15, -0.1) is 10.2 Å². The monoisotopic (exact) mass is 402 g/mol. The first-order valence-corrected chi connectivity index (χ1v) is 9.51. The number of benzene rings is 2. The molecular weight excluding hydrogens is 384 g/mol. The van der Waals surface area contributed by atoms with E-state index in [-0.39, 0.29) is 11.2 Å². The molecule has 1 amide bonds. The van der Waals surface area contributed by atoms with Crippen molar-refractivity contribution in [1.82, 2.24) is 14.8 Å². The van der Waals surface area contributed by atoms with Gasteiger partial charge in [0.05, 0.1) is 17.4 Å². The van der Waals surface area contributed by atoms with Gasteiger partial charge in [0.15, 0.2) is 11.0 Å². The van der Waals surface area contributed by atoms with Gasteiger partial charge in [-0.2, -0.15) is 0 Å². The molecule has 0 aliphatic heterocycles. The number of methoxy groups -OCH3 is 1. The van der Waals surface area contributed by atoms with Gasteiger partial charge in [-0.1, -0.05) is 53.7 Å². The van der Waals surface area contributed by atoms with Crippen LogP contribution in [0.1, 0.15) is 6.92 Å². The molecule has 1 aromatic heterocycles. The highest BCUT2D eigenvalue weighted by Gasteiger charge is 2.19. The van der Waals surface area contributed by atoms with E-state index >= 15 is 0 Å². The summed E-state index contributed by atoms with van der Waals surface area (Å²) in [6, 6.07) is 14.9. The minimum atomic E-state index is -0.364. The summed E-state index contributed by atoms with van der Waals surface area (Å²) in [7, 11) is 3.43. The highest BCUT2D eigenvalue weighted by molar-refractivity contribution is 8.00. The standard InChI is InChI=1S/C19H19ClN4O2S/c1-12(18(25)21-14-9-10-16(26-3)15(20)11-14)27-19-23-22-17(24(19)2)13-7-5-4-6-8-13/h4-12H,1-3H3,(H,21,25)/t12-/m1/s1. The Labute approximate surface area is 166 Å². The molecule has 1 N–H and O–H groups in total. The largest absolute Gasteiger partial charge is 0.495 e. The minimum absolute atomic E-state index is 0.148. The van der Waals surface area contributed by atoms with Crippen molar-refractivity contribution in [1.29, 1.82) is 0 Å². The molecule has 2 aromatic carbocycles. The van der Waals surface area contributed by atoms with E-state index in [0.717, 1.165) is 11.4 Å². The summed E-state index contributed by atoms with van der Waals surface area (Å²) in [4.78, 5) is 12.5. The maximum atomic E-state index is 12.5. The van der Waals surface area contributed by atoms with Crippen molar-refractivity contribution < 1.29 is 9.53 Å². The fourth-order valence-electron chi connectivity index (χ4n) is 2.46. The Bertz CT molecular complexity index is 946. The zero-order chi connectivity index (χ0) is 19.4. The van der Waals surface area contributed by atoms with E-state index in [4.69, 9.17) is 16.3 Å². The zero-order valence-corrected chi connectivity index (χ0v) is 16.7. The molecule has 0 aliphatic carbocycles. The van der Waals surface area contributed by atoms with Crippen LogP contribution < -0.4 is 10.1 Å². The lowest BCUT2D eigenvalue weighted by molar-refractivity contribution is -0.115. The van der Waals surface area contributed by atoms with Crippen LogP contribution in [0.4, 0.5) is 5.69 Å². The van der Waals surface area contributed by atoms with Gasteiger partial charge in [0.25, 0.3) is 0 Å². The number of aromatic nitrogens is 3. The summed E-state index contributed by atoms with van der Waals surface area (Å²) in [5, 5.41) is 12.1. The molecule has 0 fully saturated rings. The van der Waals surface area contributed by atoms with Gasteiger partial charge in [-0.3, -0.25) is 4.79 Å². The number of hydrogen-bond donors (Lipinski definition) is 1. The van der Waals surface area contributed by atoms with E-state index in [1.54, 1.807) is 25.3 Å². The first-order valence-electron chi connectivity index (χ1n) is 8.25. The van der Waals surface area contributed by atoms with Crippen LogP contribution in [0.15, 0.2) is 53.7 Å². The molecule has 0 radical (unpaired) electrons. The smallest absolute Gasteiger partial charge is 0.237 e. The Morgan fingerprint density at radius 2 is 1.96 bits per heavy atom. The van der Waals surface area contributed by atoms with Crippen LogP contribution in [0, 0.1) is 0 Å². The van der Waals surface area contributed by atoms with E-state index in [1.807, 2.05) is 48.9 Å². The molecule has 140 valence electrons. The summed E-state index contributed by atoms with van der Waals surface area (Å²) in [6.45, 7) is 1.82. The second kappa shape index (κ2) is 8.45. The molecular formula is C19H19ClN4O2S. The zero-order valence-electron chi connectivity index (χ0n) is 15.1. The van der Waals surface area contributed by atoms with Crippen molar-refractivity contribution in [2.45, 2.75) is 17.3 Å². The van der Waals surface area contributed by atoms with Crippen molar-refractivity contribution in [3.63, 3.8) is 0 Å². The molecule has 0 bridgehead atoms. The van der Waals surface area contributed by atoms with Gasteiger partial charge in [0, 0.05) is 18.3 Å². The lowest BCUT2D eigenvalue weighted by Crippen LogP contribution is -2.22. The number of halogens is 1. The number of rotatable bonds is 6. The average molecular weight is 403 g/mol. The van der Waals surface area contributed by atoms with Gasteiger partial charge < -0.3 is 14.6 Å². The average Bonchev–Trinajstić information content (AvgIpc) is 3.03. The number of hydrogen-bond acceptors (Lipinski definition) is 5. The fraction of sp³-hybridized carbons (Fsp3) is 0.211. The molecule has 0 saturated heterocycles. The number of nitrogens with zero attached hydrogens (tertiary/aromatic N) is 3. The third kappa shape index (κ3) is 4.43. The highest BCUT2D eigenvalue weighted by atomic mass is 35.5.